The van der Waals surface area contributed by atoms with Crippen LogP contribution in [-0.2, 0) is 11.2 Å². The van der Waals surface area contributed by atoms with E-state index in [0.717, 1.165) is 17.2 Å². The number of carbonyl (C=O) groups is 1. The van der Waals surface area contributed by atoms with Crippen LogP contribution in [-0.4, -0.2) is 33.5 Å². The Hall–Kier alpha value is -1.67. The molecule has 0 radical (unpaired) electrons. The summed E-state index contributed by atoms with van der Waals surface area (Å²) in [5, 5.41) is 9.34. The Labute approximate surface area is 123 Å². The SMILES string of the molecule is O=C(CCc1nc(-c2cccs2)no1)NC1=NCCS1. The lowest BCUT2D eigenvalue weighted by molar-refractivity contribution is -0.119. The molecule has 0 saturated carbocycles. The minimum atomic E-state index is -0.0750. The molecule has 0 aromatic carbocycles. The van der Waals surface area contributed by atoms with Crippen molar-refractivity contribution in [2.45, 2.75) is 12.8 Å². The molecular formula is C12H12N4O2S2. The molecular weight excluding hydrogens is 296 g/mol. The number of aliphatic imine (C=N–C) groups is 1. The van der Waals surface area contributed by atoms with Gasteiger partial charge in [-0.2, -0.15) is 4.98 Å². The van der Waals surface area contributed by atoms with Crippen LogP contribution in [0.5, 0.6) is 0 Å². The molecule has 0 aliphatic carbocycles. The molecule has 0 bridgehead atoms. The van der Waals surface area contributed by atoms with E-state index < -0.39 is 0 Å². The van der Waals surface area contributed by atoms with E-state index >= 15 is 0 Å². The summed E-state index contributed by atoms with van der Waals surface area (Å²) >= 11 is 3.12. The Morgan fingerprint density at radius 1 is 1.50 bits per heavy atom. The third-order valence-electron chi connectivity index (χ3n) is 2.61. The van der Waals surface area contributed by atoms with Crippen LogP contribution < -0.4 is 5.32 Å². The van der Waals surface area contributed by atoms with E-state index in [-0.39, 0.29) is 5.91 Å². The fourth-order valence-corrected chi connectivity index (χ4v) is 3.07. The number of nitrogens with one attached hydrogen (secondary N) is 1. The number of nitrogens with zero attached hydrogens (tertiary/aromatic N) is 3. The van der Waals surface area contributed by atoms with Gasteiger partial charge in [-0.15, -0.1) is 11.3 Å². The molecule has 20 heavy (non-hydrogen) atoms. The number of thioether (sulfide) groups is 1. The van der Waals surface area contributed by atoms with Crippen LogP contribution in [0, 0.1) is 0 Å². The highest BCUT2D eigenvalue weighted by Crippen LogP contribution is 2.21. The molecule has 1 aliphatic heterocycles. The maximum absolute atomic E-state index is 11.7. The number of thiophene rings is 1. The minimum Gasteiger partial charge on any atom is -0.339 e. The van der Waals surface area contributed by atoms with Gasteiger partial charge in [-0.3, -0.25) is 9.79 Å². The van der Waals surface area contributed by atoms with Crippen molar-refractivity contribution in [2.75, 3.05) is 12.3 Å². The van der Waals surface area contributed by atoms with Crippen molar-refractivity contribution in [3.8, 4) is 10.7 Å². The number of hydrogen-bond donors (Lipinski definition) is 1. The molecule has 1 N–H and O–H groups in total. The average Bonchev–Trinajstić information content (AvgIpc) is 3.18. The standard InChI is InChI=1S/C12H12N4O2S2/c17-9(14-12-13-5-7-20-12)3-4-10-15-11(16-18-10)8-2-1-6-19-8/h1-2,6H,3-5,7H2,(H,13,14,17). The summed E-state index contributed by atoms with van der Waals surface area (Å²) in [6, 6.07) is 3.87. The third kappa shape index (κ3) is 3.26. The molecule has 8 heteroatoms. The molecule has 0 spiro atoms. The van der Waals surface area contributed by atoms with Crippen LogP contribution in [0.2, 0.25) is 0 Å². The molecule has 3 heterocycles. The number of rotatable bonds is 4. The molecule has 2 aromatic heterocycles. The van der Waals surface area contributed by atoms with Crippen molar-refractivity contribution < 1.29 is 9.32 Å². The van der Waals surface area contributed by atoms with Crippen molar-refractivity contribution >= 4 is 34.2 Å². The summed E-state index contributed by atoms with van der Waals surface area (Å²) in [4.78, 5) is 21.1. The summed E-state index contributed by atoms with van der Waals surface area (Å²) in [7, 11) is 0. The van der Waals surface area contributed by atoms with Crippen LogP contribution in [0.1, 0.15) is 12.3 Å². The highest BCUT2D eigenvalue weighted by atomic mass is 32.2. The summed E-state index contributed by atoms with van der Waals surface area (Å²) < 4.78 is 5.14. The second kappa shape index (κ2) is 6.19. The van der Waals surface area contributed by atoms with Crippen LogP contribution in [0.3, 0.4) is 0 Å². The molecule has 0 fully saturated rings. The summed E-state index contributed by atoms with van der Waals surface area (Å²) in [6.45, 7) is 0.772. The number of aryl methyl sites for hydroxylation is 1. The van der Waals surface area contributed by atoms with E-state index in [0.29, 0.717) is 29.7 Å². The zero-order valence-electron chi connectivity index (χ0n) is 10.5. The van der Waals surface area contributed by atoms with Crippen LogP contribution >= 0.6 is 23.1 Å². The second-order valence-electron chi connectivity index (χ2n) is 4.07. The van der Waals surface area contributed by atoms with Gasteiger partial charge in [0.1, 0.15) is 0 Å². The van der Waals surface area contributed by atoms with Gasteiger partial charge in [0.15, 0.2) is 5.17 Å². The summed E-state index contributed by atoms with van der Waals surface area (Å²) in [5.74, 6) is 1.91. The van der Waals surface area contributed by atoms with Crippen molar-refractivity contribution in [1.82, 2.24) is 15.5 Å². The first kappa shape index (κ1) is 13.3. The lowest BCUT2D eigenvalue weighted by Gasteiger charge is -2.01. The maximum atomic E-state index is 11.7. The maximum Gasteiger partial charge on any atom is 0.227 e. The minimum absolute atomic E-state index is 0.0750. The van der Waals surface area contributed by atoms with Gasteiger partial charge in [-0.05, 0) is 11.4 Å². The Balaban J connectivity index is 1.52. The Morgan fingerprint density at radius 3 is 3.20 bits per heavy atom. The molecule has 1 amide bonds. The molecule has 0 atom stereocenters. The number of carbonyl (C=O) groups excluding carboxylic acids is 1. The number of aromatic nitrogens is 2. The molecule has 3 rings (SSSR count). The molecule has 2 aromatic rings. The molecule has 0 saturated heterocycles. The first-order valence-electron chi connectivity index (χ1n) is 6.15. The van der Waals surface area contributed by atoms with Gasteiger partial charge in [0.2, 0.25) is 17.6 Å². The number of amidine groups is 1. The third-order valence-corrected chi connectivity index (χ3v) is 4.36. The molecule has 6 nitrogen and oxygen atoms in total. The molecule has 104 valence electrons. The Bertz CT molecular complexity index is 621. The average molecular weight is 308 g/mol. The van der Waals surface area contributed by atoms with Crippen molar-refractivity contribution in [3.63, 3.8) is 0 Å². The lowest BCUT2D eigenvalue weighted by Crippen LogP contribution is -2.27. The van der Waals surface area contributed by atoms with Gasteiger partial charge >= 0.3 is 0 Å². The fraction of sp³-hybridized carbons (Fsp3) is 0.333. The Kier molecular flexibility index (Phi) is 4.12. The largest absolute Gasteiger partial charge is 0.339 e. The first-order chi connectivity index (χ1) is 9.81. The molecule has 1 aliphatic rings. The number of amides is 1. The second-order valence-corrected chi connectivity index (χ2v) is 6.10. The van der Waals surface area contributed by atoms with Crippen LogP contribution in [0.25, 0.3) is 10.7 Å². The van der Waals surface area contributed by atoms with Crippen molar-refractivity contribution in [2.24, 2.45) is 4.99 Å². The monoisotopic (exact) mass is 308 g/mol. The van der Waals surface area contributed by atoms with E-state index in [4.69, 9.17) is 4.52 Å². The first-order valence-corrected chi connectivity index (χ1v) is 8.01. The summed E-state index contributed by atoms with van der Waals surface area (Å²) in [5.41, 5.74) is 0. The zero-order chi connectivity index (χ0) is 13.8. The summed E-state index contributed by atoms with van der Waals surface area (Å²) in [6.07, 6.45) is 0.744. The van der Waals surface area contributed by atoms with E-state index in [1.165, 1.54) is 0 Å². The van der Waals surface area contributed by atoms with Gasteiger partial charge in [-0.1, -0.05) is 23.0 Å². The fourth-order valence-electron chi connectivity index (χ4n) is 1.68. The predicted octanol–water partition coefficient (Wildman–Crippen LogP) is 1.95. The normalized spacial score (nSPS) is 14.3. The zero-order valence-corrected chi connectivity index (χ0v) is 12.2. The predicted molar refractivity (Wildman–Crippen MR) is 78.8 cm³/mol. The van der Waals surface area contributed by atoms with Crippen LogP contribution in [0.4, 0.5) is 0 Å². The van der Waals surface area contributed by atoms with E-state index in [2.05, 4.69) is 20.4 Å². The number of hydrogen-bond acceptors (Lipinski definition) is 7. The van der Waals surface area contributed by atoms with Crippen molar-refractivity contribution in [3.05, 3.63) is 23.4 Å². The van der Waals surface area contributed by atoms with E-state index in [1.54, 1.807) is 23.1 Å². The van der Waals surface area contributed by atoms with Gasteiger partial charge in [0.05, 0.1) is 11.4 Å². The van der Waals surface area contributed by atoms with Gasteiger partial charge < -0.3 is 9.84 Å². The van der Waals surface area contributed by atoms with Crippen LogP contribution in [0.15, 0.2) is 27.0 Å². The lowest BCUT2D eigenvalue weighted by atomic mass is 10.3. The van der Waals surface area contributed by atoms with Crippen molar-refractivity contribution in [1.29, 1.82) is 0 Å². The quantitative estimate of drug-likeness (QED) is 0.933. The molecule has 0 unspecified atom stereocenters. The van der Waals surface area contributed by atoms with Gasteiger partial charge in [0.25, 0.3) is 0 Å². The van der Waals surface area contributed by atoms with Gasteiger partial charge in [0, 0.05) is 18.6 Å². The Morgan fingerprint density at radius 2 is 2.45 bits per heavy atom. The smallest absolute Gasteiger partial charge is 0.227 e. The van der Waals surface area contributed by atoms with Gasteiger partial charge in [-0.25, -0.2) is 0 Å². The van der Waals surface area contributed by atoms with E-state index in [9.17, 15) is 4.79 Å². The van der Waals surface area contributed by atoms with E-state index in [1.807, 2.05) is 17.5 Å². The topological polar surface area (TPSA) is 80.4 Å². The highest BCUT2D eigenvalue weighted by Gasteiger charge is 2.13. The highest BCUT2D eigenvalue weighted by molar-refractivity contribution is 8.14.